The molecule has 0 saturated heterocycles. The summed E-state index contributed by atoms with van der Waals surface area (Å²) in [6.07, 6.45) is 1.77. The number of hydrogen-bond acceptors (Lipinski definition) is 4. The maximum Gasteiger partial charge on any atom is 0.347 e. The second kappa shape index (κ2) is 6.97. The number of nitrogens with zero attached hydrogens (tertiary/aromatic N) is 2. The van der Waals surface area contributed by atoms with Crippen molar-refractivity contribution < 1.29 is 5.11 Å². The van der Waals surface area contributed by atoms with Crippen molar-refractivity contribution in [3.05, 3.63) is 63.0 Å². The minimum absolute atomic E-state index is 0.408. The molecule has 1 aliphatic heterocycles. The van der Waals surface area contributed by atoms with Crippen LogP contribution < -0.4 is 10.6 Å². The minimum Gasteiger partial charge on any atom is -0.378 e. The van der Waals surface area contributed by atoms with Crippen molar-refractivity contribution in [2.75, 3.05) is 11.4 Å². The highest BCUT2D eigenvalue weighted by atomic mass is 35.5. The zero-order valence-electron chi connectivity index (χ0n) is 15.7. The standard InChI is InChI=1S/C22H20ClN3O2/c1-22(2,28)12-11-14-6-3-10-18-15(14)7-5-13-26(18)20-19-16(23)8-4-9-17(19)24-21(27)25-20/h3-4,6,8-10,28H,5,7,13H2,1-2H3,(H,24,25,27). The SMILES string of the molecule is CC(C)(O)C#Cc1cccc2c1CCCN2c1nc(=O)[nH]c2cccc(Cl)c12. The summed E-state index contributed by atoms with van der Waals surface area (Å²) in [6, 6.07) is 11.3. The van der Waals surface area contributed by atoms with Gasteiger partial charge in [-0.3, -0.25) is 0 Å². The Kier molecular flexibility index (Phi) is 4.62. The zero-order chi connectivity index (χ0) is 19.9. The lowest BCUT2D eigenvalue weighted by Crippen LogP contribution is -2.28. The third kappa shape index (κ3) is 3.49. The fourth-order valence-corrected chi connectivity index (χ4v) is 3.79. The van der Waals surface area contributed by atoms with Crippen LogP contribution in [0.15, 0.2) is 41.2 Å². The number of fused-ring (bicyclic) bond motifs is 2. The summed E-state index contributed by atoms with van der Waals surface area (Å²) in [4.78, 5) is 21.2. The lowest BCUT2D eigenvalue weighted by atomic mass is 9.95. The van der Waals surface area contributed by atoms with E-state index >= 15 is 0 Å². The number of hydrogen-bond donors (Lipinski definition) is 2. The van der Waals surface area contributed by atoms with Gasteiger partial charge in [0.1, 0.15) is 11.4 Å². The molecule has 0 aliphatic carbocycles. The lowest BCUT2D eigenvalue weighted by molar-refractivity contribution is 0.143. The normalized spacial score (nSPS) is 13.8. The Hall–Kier alpha value is -2.81. The zero-order valence-corrected chi connectivity index (χ0v) is 16.5. The van der Waals surface area contributed by atoms with Crippen molar-refractivity contribution in [2.45, 2.75) is 32.3 Å². The molecule has 2 N–H and O–H groups in total. The second-order valence-electron chi connectivity index (χ2n) is 7.40. The number of aromatic amines is 1. The maximum atomic E-state index is 12.2. The van der Waals surface area contributed by atoms with Crippen LogP contribution in [0.5, 0.6) is 0 Å². The van der Waals surface area contributed by atoms with Crippen molar-refractivity contribution in [2.24, 2.45) is 0 Å². The molecule has 0 fully saturated rings. The van der Waals surface area contributed by atoms with Gasteiger partial charge >= 0.3 is 5.69 Å². The van der Waals surface area contributed by atoms with Crippen LogP contribution in [0.25, 0.3) is 10.9 Å². The number of aromatic nitrogens is 2. The average molecular weight is 394 g/mol. The monoisotopic (exact) mass is 393 g/mol. The largest absolute Gasteiger partial charge is 0.378 e. The number of aliphatic hydroxyl groups is 1. The molecule has 6 heteroatoms. The summed E-state index contributed by atoms with van der Waals surface area (Å²) < 4.78 is 0. The van der Waals surface area contributed by atoms with E-state index in [1.165, 1.54) is 0 Å². The van der Waals surface area contributed by atoms with E-state index in [-0.39, 0.29) is 0 Å². The first-order valence-electron chi connectivity index (χ1n) is 9.17. The highest BCUT2D eigenvalue weighted by Gasteiger charge is 2.24. The van der Waals surface area contributed by atoms with Crippen LogP contribution >= 0.6 is 11.6 Å². The van der Waals surface area contributed by atoms with Gasteiger partial charge in [-0.25, -0.2) is 4.79 Å². The maximum absolute atomic E-state index is 12.2. The second-order valence-corrected chi connectivity index (χ2v) is 7.80. The quantitative estimate of drug-likeness (QED) is 0.617. The van der Waals surface area contributed by atoms with Crippen LogP contribution in [0.3, 0.4) is 0 Å². The highest BCUT2D eigenvalue weighted by Crippen LogP contribution is 2.38. The van der Waals surface area contributed by atoms with Crippen molar-refractivity contribution in [1.82, 2.24) is 9.97 Å². The van der Waals surface area contributed by atoms with Gasteiger partial charge in [-0.05, 0) is 56.5 Å². The molecule has 3 aromatic rings. The van der Waals surface area contributed by atoms with Crippen LogP contribution in [0.1, 0.15) is 31.4 Å². The summed E-state index contributed by atoms with van der Waals surface area (Å²) in [5, 5.41) is 11.2. The molecule has 2 heterocycles. The van der Waals surface area contributed by atoms with Crippen LogP contribution in [0.2, 0.25) is 5.02 Å². The molecule has 1 aromatic heterocycles. The van der Waals surface area contributed by atoms with Gasteiger partial charge in [0.25, 0.3) is 0 Å². The van der Waals surface area contributed by atoms with Gasteiger partial charge in [-0.2, -0.15) is 4.98 Å². The van der Waals surface area contributed by atoms with Crippen molar-refractivity contribution in [1.29, 1.82) is 0 Å². The van der Waals surface area contributed by atoms with Gasteiger partial charge in [-0.1, -0.05) is 35.6 Å². The fourth-order valence-electron chi connectivity index (χ4n) is 3.53. The molecule has 5 nitrogen and oxygen atoms in total. The number of anilines is 2. The van der Waals surface area contributed by atoms with E-state index in [1.54, 1.807) is 26.0 Å². The van der Waals surface area contributed by atoms with Crippen LogP contribution in [0, 0.1) is 11.8 Å². The third-order valence-electron chi connectivity index (χ3n) is 4.70. The van der Waals surface area contributed by atoms with Crippen molar-refractivity contribution >= 4 is 34.0 Å². The number of rotatable bonds is 1. The molecule has 28 heavy (non-hydrogen) atoms. The van der Waals surface area contributed by atoms with Gasteiger partial charge in [-0.15, -0.1) is 0 Å². The molecule has 0 atom stereocenters. The first-order chi connectivity index (χ1) is 13.3. The molecule has 142 valence electrons. The van der Waals surface area contributed by atoms with E-state index in [1.807, 2.05) is 29.2 Å². The van der Waals surface area contributed by atoms with Crippen LogP contribution in [0.4, 0.5) is 11.5 Å². The van der Waals surface area contributed by atoms with E-state index in [0.717, 1.165) is 41.6 Å². The predicted molar refractivity (Wildman–Crippen MR) is 112 cm³/mol. The average Bonchev–Trinajstić information content (AvgIpc) is 2.64. The molecule has 0 radical (unpaired) electrons. The molecule has 0 amide bonds. The summed E-state index contributed by atoms with van der Waals surface area (Å²) in [5.41, 5.74) is 2.13. The number of H-pyrrole nitrogens is 1. The molecule has 0 saturated carbocycles. The molecular formula is C22H20ClN3O2. The van der Waals surface area contributed by atoms with Gasteiger partial charge in [0.15, 0.2) is 0 Å². The van der Waals surface area contributed by atoms with Gasteiger partial charge in [0, 0.05) is 17.8 Å². The summed E-state index contributed by atoms with van der Waals surface area (Å²) in [5.74, 6) is 6.54. The molecule has 0 spiro atoms. The Labute approximate surface area is 168 Å². The Morgan fingerprint density at radius 3 is 2.82 bits per heavy atom. The van der Waals surface area contributed by atoms with Gasteiger partial charge < -0.3 is 15.0 Å². The molecule has 0 unspecified atom stereocenters. The third-order valence-corrected chi connectivity index (χ3v) is 5.01. The Balaban J connectivity index is 1.92. The van der Waals surface area contributed by atoms with E-state index in [9.17, 15) is 9.90 Å². The number of halogens is 1. The molecule has 2 aromatic carbocycles. The van der Waals surface area contributed by atoms with Crippen LogP contribution in [-0.2, 0) is 6.42 Å². The van der Waals surface area contributed by atoms with E-state index in [0.29, 0.717) is 16.4 Å². The van der Waals surface area contributed by atoms with Gasteiger partial charge in [0.05, 0.1) is 15.9 Å². The number of benzene rings is 2. The smallest absolute Gasteiger partial charge is 0.347 e. The fraction of sp³-hybridized carbons (Fsp3) is 0.273. The molecule has 0 bridgehead atoms. The molecule has 4 rings (SSSR count). The van der Waals surface area contributed by atoms with Crippen LogP contribution in [-0.4, -0.2) is 27.2 Å². The number of nitrogens with one attached hydrogen (secondary N) is 1. The minimum atomic E-state index is -1.06. The Morgan fingerprint density at radius 2 is 2.04 bits per heavy atom. The van der Waals surface area contributed by atoms with Gasteiger partial charge in [0.2, 0.25) is 0 Å². The Bertz CT molecular complexity index is 1180. The first-order valence-corrected chi connectivity index (χ1v) is 9.55. The van der Waals surface area contributed by atoms with Crippen molar-refractivity contribution in [3.63, 3.8) is 0 Å². The summed E-state index contributed by atoms with van der Waals surface area (Å²) >= 11 is 6.45. The van der Waals surface area contributed by atoms with E-state index in [4.69, 9.17) is 11.6 Å². The van der Waals surface area contributed by atoms with E-state index < -0.39 is 11.3 Å². The lowest BCUT2D eigenvalue weighted by Gasteiger charge is -2.31. The molecule has 1 aliphatic rings. The highest BCUT2D eigenvalue weighted by molar-refractivity contribution is 6.36. The summed E-state index contributed by atoms with van der Waals surface area (Å²) in [6.45, 7) is 4.05. The summed E-state index contributed by atoms with van der Waals surface area (Å²) in [7, 11) is 0. The topological polar surface area (TPSA) is 69.2 Å². The Morgan fingerprint density at radius 1 is 1.25 bits per heavy atom. The van der Waals surface area contributed by atoms with E-state index in [2.05, 4.69) is 21.8 Å². The predicted octanol–water partition coefficient (Wildman–Crippen LogP) is 3.78. The molecular weight excluding hydrogens is 374 g/mol. The van der Waals surface area contributed by atoms with Crippen molar-refractivity contribution in [3.8, 4) is 11.8 Å². The first kappa shape index (κ1) is 18.5.